The van der Waals surface area contributed by atoms with E-state index in [1.165, 1.54) is 24.3 Å². The number of carbonyl (C=O) groups excluding carboxylic acids is 2. The monoisotopic (exact) mass is 379 g/mol. The Morgan fingerprint density at radius 2 is 2.00 bits per heavy atom. The highest BCUT2D eigenvalue weighted by Crippen LogP contribution is 2.16. The highest BCUT2D eigenvalue weighted by atomic mass is 32.2. The number of rotatable bonds is 6. The maximum absolute atomic E-state index is 12.1. The number of nitriles is 1. The Balaban J connectivity index is 1.82. The zero-order valence-electron chi connectivity index (χ0n) is 14.5. The van der Waals surface area contributed by atoms with Gasteiger partial charge in [0.2, 0.25) is 10.0 Å². The maximum atomic E-state index is 12.1. The maximum Gasteiger partial charge on any atom is 0.321 e. The minimum Gasteiger partial charge on any atom is -0.455 e. The highest BCUT2D eigenvalue weighted by Gasteiger charge is 2.24. The Morgan fingerprint density at radius 1 is 1.31 bits per heavy atom. The molecule has 8 nitrogen and oxygen atoms in total. The Hall–Kier alpha value is -2.44. The SMILES string of the molecule is C[C@@H]1CCCCN1C(=O)COC(=O)CNS(=O)(=O)c1ccc(C#N)cc1. The number of benzene rings is 1. The van der Waals surface area contributed by atoms with Crippen LogP contribution in [0, 0.1) is 11.3 Å². The van der Waals surface area contributed by atoms with Crippen LogP contribution in [0.25, 0.3) is 0 Å². The first-order chi connectivity index (χ1) is 12.3. The van der Waals surface area contributed by atoms with Gasteiger partial charge in [-0.15, -0.1) is 0 Å². The number of piperidine rings is 1. The standard InChI is InChI=1S/C17H21N3O5S/c1-13-4-2-3-9-20(13)16(21)12-25-17(22)11-19-26(23,24)15-7-5-14(10-18)6-8-15/h5-8,13,19H,2-4,9,11-12H2,1H3/t13-/m1/s1. The van der Waals surface area contributed by atoms with E-state index in [0.717, 1.165) is 19.3 Å². The van der Waals surface area contributed by atoms with Crippen molar-refractivity contribution >= 4 is 21.9 Å². The van der Waals surface area contributed by atoms with Crippen LogP contribution in [0.4, 0.5) is 0 Å². The lowest BCUT2D eigenvalue weighted by atomic mass is 10.0. The van der Waals surface area contributed by atoms with Gasteiger partial charge in [-0.25, -0.2) is 8.42 Å². The minimum atomic E-state index is -3.90. The molecule has 1 amide bonds. The molecule has 0 saturated carbocycles. The lowest BCUT2D eigenvalue weighted by Crippen LogP contribution is -2.44. The molecule has 2 rings (SSSR count). The topological polar surface area (TPSA) is 117 Å². The number of amides is 1. The Labute approximate surface area is 152 Å². The molecule has 9 heteroatoms. The van der Waals surface area contributed by atoms with Crippen LogP contribution in [0.2, 0.25) is 0 Å². The van der Waals surface area contributed by atoms with Crippen molar-refractivity contribution in [1.29, 1.82) is 5.26 Å². The van der Waals surface area contributed by atoms with E-state index < -0.39 is 29.1 Å². The second-order valence-electron chi connectivity index (χ2n) is 6.05. The quantitative estimate of drug-likeness (QED) is 0.730. The summed E-state index contributed by atoms with van der Waals surface area (Å²) in [4.78, 5) is 25.4. The molecule has 1 aromatic carbocycles. The fourth-order valence-electron chi connectivity index (χ4n) is 2.69. The molecule has 26 heavy (non-hydrogen) atoms. The van der Waals surface area contributed by atoms with Crippen LogP contribution in [-0.4, -0.2) is 50.9 Å². The number of esters is 1. The summed E-state index contributed by atoms with van der Waals surface area (Å²) >= 11 is 0. The first kappa shape index (κ1) is 19.9. The van der Waals surface area contributed by atoms with E-state index in [4.69, 9.17) is 10.00 Å². The fourth-order valence-corrected chi connectivity index (χ4v) is 3.66. The Morgan fingerprint density at radius 3 is 2.62 bits per heavy atom. The van der Waals surface area contributed by atoms with Crippen LogP contribution < -0.4 is 4.72 Å². The number of carbonyl (C=O) groups is 2. The van der Waals surface area contributed by atoms with Gasteiger partial charge in [0.1, 0.15) is 6.54 Å². The van der Waals surface area contributed by atoms with Crippen molar-refractivity contribution in [2.24, 2.45) is 0 Å². The van der Waals surface area contributed by atoms with Gasteiger partial charge in [-0.1, -0.05) is 0 Å². The van der Waals surface area contributed by atoms with E-state index in [1.54, 1.807) is 4.90 Å². The third-order valence-corrected chi connectivity index (χ3v) is 5.60. The summed E-state index contributed by atoms with van der Waals surface area (Å²) in [6.45, 7) is 1.61. The van der Waals surface area contributed by atoms with Gasteiger partial charge in [-0.2, -0.15) is 9.98 Å². The van der Waals surface area contributed by atoms with Crippen molar-refractivity contribution in [1.82, 2.24) is 9.62 Å². The van der Waals surface area contributed by atoms with Gasteiger partial charge in [-0.05, 0) is 50.5 Å². The molecule has 0 radical (unpaired) electrons. The predicted octanol–water partition coefficient (Wildman–Crippen LogP) is 0.781. The van der Waals surface area contributed by atoms with Crippen molar-refractivity contribution in [3.05, 3.63) is 29.8 Å². The van der Waals surface area contributed by atoms with E-state index in [2.05, 4.69) is 4.72 Å². The molecule has 0 aromatic heterocycles. The van der Waals surface area contributed by atoms with E-state index in [-0.39, 0.29) is 16.8 Å². The number of hydrogen-bond acceptors (Lipinski definition) is 6. The van der Waals surface area contributed by atoms with Gasteiger partial charge in [0, 0.05) is 12.6 Å². The molecule has 1 saturated heterocycles. The van der Waals surface area contributed by atoms with Gasteiger partial charge in [0.05, 0.1) is 16.5 Å². The molecule has 140 valence electrons. The number of nitrogens with zero attached hydrogens (tertiary/aromatic N) is 2. The number of likely N-dealkylation sites (tertiary alicyclic amines) is 1. The first-order valence-corrected chi connectivity index (χ1v) is 9.77. The second kappa shape index (κ2) is 8.78. The Kier molecular flexibility index (Phi) is 6.71. The highest BCUT2D eigenvalue weighted by molar-refractivity contribution is 7.89. The average Bonchev–Trinajstić information content (AvgIpc) is 2.65. The largest absolute Gasteiger partial charge is 0.455 e. The lowest BCUT2D eigenvalue weighted by Gasteiger charge is -2.33. The van der Waals surface area contributed by atoms with E-state index in [9.17, 15) is 18.0 Å². The van der Waals surface area contributed by atoms with E-state index in [1.807, 2.05) is 13.0 Å². The number of hydrogen-bond donors (Lipinski definition) is 1. The van der Waals surface area contributed by atoms with Gasteiger partial charge >= 0.3 is 5.97 Å². The summed E-state index contributed by atoms with van der Waals surface area (Å²) in [6.07, 6.45) is 2.92. The van der Waals surface area contributed by atoms with E-state index >= 15 is 0 Å². The summed E-state index contributed by atoms with van der Waals surface area (Å²) in [5, 5.41) is 8.71. The molecule has 1 atom stereocenters. The molecule has 1 aliphatic heterocycles. The zero-order valence-corrected chi connectivity index (χ0v) is 15.3. The van der Waals surface area contributed by atoms with E-state index in [0.29, 0.717) is 12.1 Å². The van der Waals surface area contributed by atoms with Crippen molar-refractivity contribution in [3.8, 4) is 6.07 Å². The molecule has 0 aliphatic carbocycles. The van der Waals surface area contributed by atoms with Crippen LogP contribution in [0.15, 0.2) is 29.2 Å². The van der Waals surface area contributed by atoms with Crippen LogP contribution in [0.5, 0.6) is 0 Å². The second-order valence-corrected chi connectivity index (χ2v) is 7.82. The third kappa shape index (κ3) is 5.28. The third-order valence-electron chi connectivity index (χ3n) is 4.18. The molecule has 1 N–H and O–H groups in total. The van der Waals surface area contributed by atoms with Crippen molar-refractivity contribution in [3.63, 3.8) is 0 Å². The molecule has 0 spiro atoms. The summed E-state index contributed by atoms with van der Waals surface area (Å²) in [5.74, 6) is -1.11. The Bertz CT molecular complexity index is 799. The molecule has 1 fully saturated rings. The summed E-state index contributed by atoms with van der Waals surface area (Å²) in [7, 11) is -3.90. The summed E-state index contributed by atoms with van der Waals surface area (Å²) in [5.41, 5.74) is 0.328. The van der Waals surface area contributed by atoms with Crippen LogP contribution >= 0.6 is 0 Å². The average molecular weight is 379 g/mol. The molecule has 0 unspecified atom stereocenters. The fraction of sp³-hybridized carbons (Fsp3) is 0.471. The van der Waals surface area contributed by atoms with Crippen molar-refractivity contribution in [2.75, 3.05) is 19.7 Å². The molecular weight excluding hydrogens is 358 g/mol. The van der Waals surface area contributed by atoms with Crippen LogP contribution in [0.3, 0.4) is 0 Å². The van der Waals surface area contributed by atoms with Gasteiger partial charge < -0.3 is 9.64 Å². The number of ether oxygens (including phenoxy) is 1. The molecule has 1 aromatic rings. The normalized spacial score (nSPS) is 17.4. The lowest BCUT2D eigenvalue weighted by molar-refractivity contribution is -0.152. The number of sulfonamides is 1. The van der Waals surface area contributed by atoms with Crippen LogP contribution in [0.1, 0.15) is 31.7 Å². The molecule has 0 bridgehead atoms. The van der Waals surface area contributed by atoms with Crippen LogP contribution in [-0.2, 0) is 24.3 Å². The van der Waals surface area contributed by atoms with Gasteiger partial charge in [0.15, 0.2) is 6.61 Å². The minimum absolute atomic E-state index is 0.0671. The number of nitrogens with one attached hydrogen (secondary N) is 1. The van der Waals surface area contributed by atoms with Crippen molar-refractivity contribution < 1.29 is 22.7 Å². The zero-order chi connectivity index (χ0) is 19.2. The molecule has 1 aliphatic rings. The smallest absolute Gasteiger partial charge is 0.321 e. The predicted molar refractivity (Wildman–Crippen MR) is 92.3 cm³/mol. The summed E-state index contributed by atoms with van der Waals surface area (Å²) < 4.78 is 31.2. The van der Waals surface area contributed by atoms with Gasteiger partial charge in [-0.3, -0.25) is 9.59 Å². The molecular formula is C17H21N3O5S. The van der Waals surface area contributed by atoms with Crippen molar-refractivity contribution in [2.45, 2.75) is 37.1 Å². The molecule has 1 heterocycles. The first-order valence-electron chi connectivity index (χ1n) is 8.28. The summed E-state index contributed by atoms with van der Waals surface area (Å²) in [6, 6.07) is 7.28. The van der Waals surface area contributed by atoms with Gasteiger partial charge in [0.25, 0.3) is 5.91 Å².